The van der Waals surface area contributed by atoms with Gasteiger partial charge in [0, 0.05) is 18.4 Å². The minimum absolute atomic E-state index is 0.0925. The zero-order valence-corrected chi connectivity index (χ0v) is 11.0. The van der Waals surface area contributed by atoms with E-state index in [4.69, 9.17) is 4.74 Å². The van der Waals surface area contributed by atoms with Crippen LogP contribution in [0.3, 0.4) is 0 Å². The highest BCUT2D eigenvalue weighted by Gasteiger charge is 2.24. The second-order valence-corrected chi connectivity index (χ2v) is 4.44. The standard InChI is InChI=1S/C15H18O3/c1-10(2)14(17)11(3)15(18-12(4)16)13-8-6-5-7-9-13/h5-10,15H,3H2,1-2,4H3. The second-order valence-electron chi connectivity index (χ2n) is 4.44. The smallest absolute Gasteiger partial charge is 0.303 e. The van der Waals surface area contributed by atoms with E-state index in [1.165, 1.54) is 6.92 Å². The van der Waals surface area contributed by atoms with Crippen LogP contribution in [0.1, 0.15) is 32.4 Å². The number of rotatable bonds is 5. The molecule has 0 aromatic heterocycles. The van der Waals surface area contributed by atoms with Crippen LogP contribution < -0.4 is 0 Å². The van der Waals surface area contributed by atoms with Crippen LogP contribution in [0.15, 0.2) is 42.5 Å². The van der Waals surface area contributed by atoms with Crippen molar-refractivity contribution in [1.82, 2.24) is 0 Å². The number of carbonyl (C=O) groups excluding carboxylic acids is 2. The number of esters is 1. The van der Waals surface area contributed by atoms with E-state index in [9.17, 15) is 9.59 Å². The fourth-order valence-corrected chi connectivity index (χ4v) is 1.63. The molecule has 1 rings (SSSR count). The molecule has 96 valence electrons. The highest BCUT2D eigenvalue weighted by molar-refractivity contribution is 5.97. The molecular formula is C15H18O3. The second kappa shape index (κ2) is 6.15. The summed E-state index contributed by atoms with van der Waals surface area (Å²) in [6.07, 6.45) is -0.696. The van der Waals surface area contributed by atoms with E-state index in [1.807, 2.05) is 30.3 Å². The molecule has 0 aliphatic heterocycles. The largest absolute Gasteiger partial charge is 0.453 e. The van der Waals surface area contributed by atoms with Crippen molar-refractivity contribution in [3.63, 3.8) is 0 Å². The summed E-state index contributed by atoms with van der Waals surface area (Å²) in [6, 6.07) is 9.15. The van der Waals surface area contributed by atoms with Crippen LogP contribution in [-0.4, -0.2) is 11.8 Å². The maximum absolute atomic E-state index is 11.9. The minimum atomic E-state index is -0.696. The zero-order chi connectivity index (χ0) is 13.7. The summed E-state index contributed by atoms with van der Waals surface area (Å²) in [7, 11) is 0. The predicted octanol–water partition coefficient (Wildman–Crippen LogP) is 3.07. The Kier molecular flexibility index (Phi) is 4.84. The van der Waals surface area contributed by atoms with Crippen molar-refractivity contribution >= 4 is 11.8 Å². The van der Waals surface area contributed by atoms with Gasteiger partial charge in [-0.2, -0.15) is 0 Å². The summed E-state index contributed by atoms with van der Waals surface area (Å²) in [5, 5.41) is 0. The summed E-state index contributed by atoms with van der Waals surface area (Å²) in [5.41, 5.74) is 1.07. The molecule has 0 saturated heterocycles. The molecule has 1 atom stereocenters. The van der Waals surface area contributed by atoms with Crippen LogP contribution in [0.5, 0.6) is 0 Å². The van der Waals surface area contributed by atoms with Crippen molar-refractivity contribution in [2.24, 2.45) is 5.92 Å². The molecule has 1 unspecified atom stereocenters. The summed E-state index contributed by atoms with van der Waals surface area (Å²) in [4.78, 5) is 23.1. The predicted molar refractivity (Wildman–Crippen MR) is 69.9 cm³/mol. The molecule has 0 spiro atoms. The molecule has 1 aromatic carbocycles. The first-order valence-corrected chi connectivity index (χ1v) is 5.88. The first-order chi connectivity index (χ1) is 8.43. The van der Waals surface area contributed by atoms with Crippen LogP contribution in [0, 0.1) is 5.92 Å². The quantitative estimate of drug-likeness (QED) is 0.592. The summed E-state index contributed by atoms with van der Waals surface area (Å²) >= 11 is 0. The Morgan fingerprint density at radius 1 is 1.17 bits per heavy atom. The van der Waals surface area contributed by atoms with Gasteiger partial charge in [0.2, 0.25) is 0 Å². The van der Waals surface area contributed by atoms with E-state index < -0.39 is 12.1 Å². The van der Waals surface area contributed by atoms with Gasteiger partial charge >= 0.3 is 5.97 Å². The number of carbonyl (C=O) groups is 2. The van der Waals surface area contributed by atoms with Gasteiger partial charge in [0.1, 0.15) is 0 Å². The lowest BCUT2D eigenvalue weighted by atomic mass is 9.94. The topological polar surface area (TPSA) is 43.4 Å². The summed E-state index contributed by atoms with van der Waals surface area (Å²) in [6.45, 7) is 8.69. The van der Waals surface area contributed by atoms with E-state index in [2.05, 4.69) is 6.58 Å². The third-order valence-corrected chi connectivity index (χ3v) is 2.54. The molecular weight excluding hydrogens is 228 g/mol. The monoisotopic (exact) mass is 246 g/mol. The number of ether oxygens (including phenoxy) is 1. The number of Topliss-reactive ketones (excluding diaryl/α,β-unsaturated/α-hetero) is 1. The minimum Gasteiger partial charge on any atom is -0.453 e. The number of ketones is 1. The van der Waals surface area contributed by atoms with E-state index >= 15 is 0 Å². The van der Waals surface area contributed by atoms with Crippen LogP contribution in [0.2, 0.25) is 0 Å². The van der Waals surface area contributed by atoms with E-state index in [0.717, 1.165) is 5.56 Å². The number of hydrogen-bond acceptors (Lipinski definition) is 3. The molecule has 0 bridgehead atoms. The number of benzene rings is 1. The van der Waals surface area contributed by atoms with Gasteiger partial charge in [0.05, 0.1) is 0 Å². The summed E-state index contributed by atoms with van der Waals surface area (Å²) in [5.74, 6) is -0.689. The molecule has 1 aromatic rings. The van der Waals surface area contributed by atoms with E-state index in [0.29, 0.717) is 5.57 Å². The third kappa shape index (κ3) is 3.55. The van der Waals surface area contributed by atoms with Crippen LogP contribution in [-0.2, 0) is 14.3 Å². The first kappa shape index (κ1) is 14.2. The van der Waals surface area contributed by atoms with Crippen molar-refractivity contribution in [3.05, 3.63) is 48.0 Å². The number of hydrogen-bond donors (Lipinski definition) is 0. The first-order valence-electron chi connectivity index (χ1n) is 5.88. The Balaban J connectivity index is 3.03. The zero-order valence-electron chi connectivity index (χ0n) is 11.0. The molecule has 0 amide bonds. The Bertz CT molecular complexity index is 446. The fourth-order valence-electron chi connectivity index (χ4n) is 1.63. The van der Waals surface area contributed by atoms with Crippen molar-refractivity contribution in [2.45, 2.75) is 26.9 Å². The van der Waals surface area contributed by atoms with Gasteiger partial charge in [0.15, 0.2) is 11.9 Å². The highest BCUT2D eigenvalue weighted by Crippen LogP contribution is 2.27. The Labute approximate surface area is 107 Å². The molecule has 0 aliphatic rings. The van der Waals surface area contributed by atoms with Gasteiger partial charge in [-0.05, 0) is 5.56 Å². The van der Waals surface area contributed by atoms with Gasteiger partial charge < -0.3 is 4.74 Å². The van der Waals surface area contributed by atoms with Gasteiger partial charge in [-0.3, -0.25) is 9.59 Å². The van der Waals surface area contributed by atoms with Crippen LogP contribution in [0.4, 0.5) is 0 Å². The van der Waals surface area contributed by atoms with Crippen molar-refractivity contribution in [2.75, 3.05) is 0 Å². The molecule has 0 aliphatic carbocycles. The molecule has 0 saturated carbocycles. The highest BCUT2D eigenvalue weighted by atomic mass is 16.5. The average Bonchev–Trinajstić information content (AvgIpc) is 2.35. The van der Waals surface area contributed by atoms with Crippen molar-refractivity contribution in [1.29, 1.82) is 0 Å². The van der Waals surface area contributed by atoms with Crippen molar-refractivity contribution in [3.8, 4) is 0 Å². The Morgan fingerprint density at radius 2 is 1.72 bits per heavy atom. The van der Waals surface area contributed by atoms with E-state index in [-0.39, 0.29) is 11.7 Å². The lowest BCUT2D eigenvalue weighted by Crippen LogP contribution is -2.19. The van der Waals surface area contributed by atoms with Crippen molar-refractivity contribution < 1.29 is 14.3 Å². The van der Waals surface area contributed by atoms with Crippen LogP contribution in [0.25, 0.3) is 0 Å². The SMILES string of the molecule is C=C(C(=O)C(C)C)C(OC(C)=O)c1ccccc1. The molecule has 3 nitrogen and oxygen atoms in total. The summed E-state index contributed by atoms with van der Waals surface area (Å²) < 4.78 is 5.21. The van der Waals surface area contributed by atoms with E-state index in [1.54, 1.807) is 13.8 Å². The van der Waals surface area contributed by atoms with Gasteiger partial charge in [-0.25, -0.2) is 0 Å². The molecule has 0 heterocycles. The Hall–Kier alpha value is -1.90. The average molecular weight is 246 g/mol. The molecule has 0 radical (unpaired) electrons. The van der Waals surface area contributed by atoms with Gasteiger partial charge in [0.25, 0.3) is 0 Å². The molecule has 0 N–H and O–H groups in total. The lowest BCUT2D eigenvalue weighted by molar-refractivity contribution is -0.145. The lowest BCUT2D eigenvalue weighted by Gasteiger charge is -2.20. The van der Waals surface area contributed by atoms with Crippen LogP contribution >= 0.6 is 0 Å². The fraction of sp³-hybridized carbons (Fsp3) is 0.333. The Morgan fingerprint density at radius 3 is 2.17 bits per heavy atom. The molecule has 0 fully saturated rings. The maximum atomic E-state index is 11.9. The van der Waals surface area contributed by atoms with Gasteiger partial charge in [-0.15, -0.1) is 0 Å². The third-order valence-electron chi connectivity index (χ3n) is 2.54. The van der Waals surface area contributed by atoms with Gasteiger partial charge in [-0.1, -0.05) is 50.8 Å². The maximum Gasteiger partial charge on any atom is 0.303 e. The molecule has 18 heavy (non-hydrogen) atoms. The molecule has 3 heteroatoms. The normalized spacial score (nSPS) is 12.0.